The van der Waals surface area contributed by atoms with Crippen LogP contribution in [0.5, 0.6) is 0 Å². The van der Waals surface area contributed by atoms with Crippen molar-refractivity contribution < 1.29 is 4.74 Å². The molecule has 1 aromatic heterocycles. The Labute approximate surface area is 102 Å². The number of nitrogen functional groups attached to an aromatic ring is 1. The van der Waals surface area contributed by atoms with E-state index in [2.05, 4.69) is 20.9 Å². The van der Waals surface area contributed by atoms with Gasteiger partial charge in [0.05, 0.1) is 16.4 Å². The highest BCUT2D eigenvalue weighted by atomic mass is 79.9. The molecular weight excluding hydrogens is 276 g/mol. The predicted molar refractivity (Wildman–Crippen MR) is 66.0 cm³/mol. The van der Waals surface area contributed by atoms with Gasteiger partial charge in [0.25, 0.3) is 0 Å². The van der Waals surface area contributed by atoms with E-state index in [9.17, 15) is 0 Å². The zero-order valence-electron chi connectivity index (χ0n) is 8.28. The van der Waals surface area contributed by atoms with Crippen molar-refractivity contribution in [3.8, 4) is 0 Å². The minimum Gasteiger partial charge on any atom is -0.397 e. The third-order valence-electron chi connectivity index (χ3n) is 2.28. The molecule has 1 aliphatic heterocycles. The smallest absolute Gasteiger partial charge is 0.111 e. The molecule has 0 aliphatic carbocycles. The maximum absolute atomic E-state index is 5.64. The van der Waals surface area contributed by atoms with Crippen LogP contribution in [0.25, 0.3) is 0 Å². The maximum atomic E-state index is 5.64. The molecule has 1 aromatic rings. The number of ether oxygens (including phenoxy) is 1. The molecule has 0 radical (unpaired) electrons. The van der Waals surface area contributed by atoms with E-state index in [1.54, 1.807) is 18.0 Å². The van der Waals surface area contributed by atoms with Crippen LogP contribution >= 0.6 is 27.7 Å². The van der Waals surface area contributed by atoms with Crippen LogP contribution < -0.4 is 5.73 Å². The van der Waals surface area contributed by atoms with Crippen molar-refractivity contribution in [2.24, 2.45) is 0 Å². The van der Waals surface area contributed by atoms with Crippen LogP contribution in [0.3, 0.4) is 0 Å². The van der Waals surface area contributed by atoms with Gasteiger partial charge in [-0.1, -0.05) is 0 Å². The summed E-state index contributed by atoms with van der Waals surface area (Å²) in [7, 11) is 0. The second-order valence-corrected chi connectivity index (χ2v) is 5.63. The van der Waals surface area contributed by atoms with Gasteiger partial charge in [0.2, 0.25) is 0 Å². The molecule has 1 fully saturated rings. The largest absolute Gasteiger partial charge is 0.397 e. The van der Waals surface area contributed by atoms with Crippen molar-refractivity contribution in [3.05, 3.63) is 16.7 Å². The molecule has 5 heteroatoms. The molecule has 1 aliphatic rings. The van der Waals surface area contributed by atoms with E-state index in [0.29, 0.717) is 10.9 Å². The minimum atomic E-state index is 0.617. The van der Waals surface area contributed by atoms with Gasteiger partial charge in [-0.3, -0.25) is 0 Å². The molecule has 0 atom stereocenters. The number of hydrogen-bond donors (Lipinski definition) is 1. The topological polar surface area (TPSA) is 48.1 Å². The monoisotopic (exact) mass is 288 g/mol. The van der Waals surface area contributed by atoms with Gasteiger partial charge >= 0.3 is 0 Å². The van der Waals surface area contributed by atoms with Gasteiger partial charge in [0.15, 0.2) is 0 Å². The molecule has 0 spiro atoms. The average Bonchev–Trinajstić information content (AvgIpc) is 2.24. The summed E-state index contributed by atoms with van der Waals surface area (Å²) in [4.78, 5) is 4.32. The lowest BCUT2D eigenvalue weighted by Gasteiger charge is -2.21. The second kappa shape index (κ2) is 5.18. The number of anilines is 1. The Kier molecular flexibility index (Phi) is 3.88. The van der Waals surface area contributed by atoms with E-state index < -0.39 is 0 Å². The summed E-state index contributed by atoms with van der Waals surface area (Å²) in [5, 5.41) is 1.64. The third kappa shape index (κ3) is 3.09. The average molecular weight is 289 g/mol. The fourth-order valence-electron chi connectivity index (χ4n) is 1.48. The van der Waals surface area contributed by atoms with Gasteiger partial charge in [0.1, 0.15) is 5.03 Å². The number of hydrogen-bond acceptors (Lipinski definition) is 4. The van der Waals surface area contributed by atoms with Crippen molar-refractivity contribution in [1.29, 1.82) is 0 Å². The minimum absolute atomic E-state index is 0.617. The quantitative estimate of drug-likeness (QED) is 0.909. The summed E-state index contributed by atoms with van der Waals surface area (Å²) < 4.78 is 6.31. The van der Waals surface area contributed by atoms with Crippen molar-refractivity contribution in [2.75, 3.05) is 18.9 Å². The van der Waals surface area contributed by atoms with E-state index in [-0.39, 0.29) is 0 Å². The predicted octanol–water partition coefficient (Wildman–Crippen LogP) is 2.70. The number of pyridine rings is 1. The van der Waals surface area contributed by atoms with E-state index >= 15 is 0 Å². The van der Waals surface area contributed by atoms with Crippen LogP contribution in [0.2, 0.25) is 0 Å². The van der Waals surface area contributed by atoms with Gasteiger partial charge in [-0.15, -0.1) is 11.8 Å². The summed E-state index contributed by atoms with van der Waals surface area (Å²) in [5.74, 6) is 0. The molecule has 1 saturated heterocycles. The molecule has 2 N–H and O–H groups in total. The molecule has 3 nitrogen and oxygen atoms in total. The number of halogens is 1. The van der Waals surface area contributed by atoms with E-state index in [1.165, 1.54) is 0 Å². The van der Waals surface area contributed by atoms with Gasteiger partial charge in [-0.05, 0) is 34.8 Å². The van der Waals surface area contributed by atoms with Crippen molar-refractivity contribution in [3.63, 3.8) is 0 Å². The van der Waals surface area contributed by atoms with Gasteiger partial charge in [-0.2, -0.15) is 0 Å². The Hall–Kier alpha value is -0.260. The summed E-state index contributed by atoms with van der Waals surface area (Å²) in [6.07, 6.45) is 3.90. The molecule has 0 saturated carbocycles. The number of rotatable bonds is 2. The van der Waals surface area contributed by atoms with Gasteiger partial charge < -0.3 is 10.5 Å². The van der Waals surface area contributed by atoms with Crippen LogP contribution in [0, 0.1) is 0 Å². The van der Waals surface area contributed by atoms with Gasteiger partial charge in [-0.25, -0.2) is 4.98 Å². The molecule has 0 aromatic carbocycles. The zero-order valence-corrected chi connectivity index (χ0v) is 10.7. The fourth-order valence-corrected chi connectivity index (χ4v) is 3.15. The molecule has 0 amide bonds. The molecule has 0 unspecified atom stereocenters. The van der Waals surface area contributed by atoms with Gasteiger partial charge in [0, 0.05) is 18.5 Å². The maximum Gasteiger partial charge on any atom is 0.111 e. The number of thioether (sulfide) groups is 1. The standard InChI is InChI=1S/C10H13BrN2OS/c11-9-5-7(12)6-13-10(9)15-8-1-3-14-4-2-8/h5-6,8H,1-4,12H2. The number of nitrogens with zero attached hydrogens (tertiary/aromatic N) is 1. The van der Waals surface area contributed by atoms with E-state index in [1.807, 2.05) is 6.07 Å². The Morgan fingerprint density at radius 2 is 2.20 bits per heavy atom. The first-order valence-electron chi connectivity index (χ1n) is 4.91. The first-order valence-corrected chi connectivity index (χ1v) is 6.58. The molecule has 2 rings (SSSR count). The summed E-state index contributed by atoms with van der Waals surface area (Å²) in [6.45, 7) is 1.73. The van der Waals surface area contributed by atoms with E-state index in [0.717, 1.165) is 35.6 Å². The second-order valence-electron chi connectivity index (χ2n) is 3.49. The summed E-state index contributed by atoms with van der Waals surface area (Å²) in [6, 6.07) is 1.90. The van der Waals surface area contributed by atoms with Crippen molar-refractivity contribution in [2.45, 2.75) is 23.1 Å². The Balaban J connectivity index is 2.03. The Morgan fingerprint density at radius 1 is 1.47 bits per heavy atom. The Bertz CT molecular complexity index is 342. The van der Waals surface area contributed by atoms with E-state index in [4.69, 9.17) is 10.5 Å². The summed E-state index contributed by atoms with van der Waals surface area (Å²) >= 11 is 5.29. The Morgan fingerprint density at radius 3 is 2.87 bits per heavy atom. The lowest BCUT2D eigenvalue weighted by molar-refractivity contribution is 0.1000. The van der Waals surface area contributed by atoms with Crippen molar-refractivity contribution in [1.82, 2.24) is 4.98 Å². The van der Waals surface area contributed by atoms with Crippen LogP contribution in [-0.2, 0) is 4.74 Å². The number of aromatic nitrogens is 1. The molecule has 2 heterocycles. The van der Waals surface area contributed by atoms with Crippen molar-refractivity contribution >= 4 is 33.4 Å². The van der Waals surface area contributed by atoms with Crippen LogP contribution in [0.4, 0.5) is 5.69 Å². The van der Waals surface area contributed by atoms with Crippen LogP contribution in [0.15, 0.2) is 21.8 Å². The normalized spacial score (nSPS) is 17.9. The highest BCUT2D eigenvalue weighted by Crippen LogP contribution is 2.33. The first kappa shape index (κ1) is 11.2. The highest BCUT2D eigenvalue weighted by molar-refractivity contribution is 9.10. The fraction of sp³-hybridized carbons (Fsp3) is 0.500. The third-order valence-corrected chi connectivity index (χ3v) is 4.50. The molecule has 15 heavy (non-hydrogen) atoms. The SMILES string of the molecule is Nc1cnc(SC2CCOCC2)c(Br)c1. The van der Waals surface area contributed by atoms with Crippen LogP contribution in [0.1, 0.15) is 12.8 Å². The van der Waals surface area contributed by atoms with Crippen LogP contribution in [-0.4, -0.2) is 23.4 Å². The highest BCUT2D eigenvalue weighted by Gasteiger charge is 2.16. The molecule has 0 bridgehead atoms. The summed E-state index contributed by atoms with van der Waals surface area (Å²) in [5.41, 5.74) is 6.33. The first-order chi connectivity index (χ1) is 7.25. The lowest BCUT2D eigenvalue weighted by atomic mass is 10.2. The lowest BCUT2D eigenvalue weighted by Crippen LogP contribution is -2.17. The molecule has 82 valence electrons. The molecular formula is C10H13BrN2OS. The zero-order chi connectivity index (χ0) is 10.7. The number of nitrogens with two attached hydrogens (primary N) is 1.